The summed E-state index contributed by atoms with van der Waals surface area (Å²) in [5, 5.41) is 12.8. The molecular formula is C15H17N5O. The molecule has 0 radical (unpaired) electrons. The molecule has 0 fully saturated rings. The number of benzene rings is 1. The number of guanidine groups is 1. The molecule has 1 heterocycles. The van der Waals surface area contributed by atoms with Gasteiger partial charge in [0, 0.05) is 23.6 Å². The van der Waals surface area contributed by atoms with Gasteiger partial charge in [-0.25, -0.2) is 0 Å². The largest absolute Gasteiger partial charge is 0.370 e. The van der Waals surface area contributed by atoms with Gasteiger partial charge in [-0.1, -0.05) is 12.1 Å². The lowest BCUT2D eigenvalue weighted by Crippen LogP contribution is -2.32. The molecule has 0 saturated carbocycles. The van der Waals surface area contributed by atoms with Gasteiger partial charge in [-0.3, -0.25) is 15.2 Å². The summed E-state index contributed by atoms with van der Waals surface area (Å²) in [5.41, 5.74) is 7.51. The van der Waals surface area contributed by atoms with Crippen molar-refractivity contribution < 1.29 is 4.79 Å². The van der Waals surface area contributed by atoms with Gasteiger partial charge in [-0.2, -0.15) is 0 Å². The van der Waals surface area contributed by atoms with Gasteiger partial charge >= 0.3 is 0 Å². The van der Waals surface area contributed by atoms with Crippen LogP contribution in [0.2, 0.25) is 0 Å². The Morgan fingerprint density at radius 2 is 1.81 bits per heavy atom. The number of carbonyl (C=O) groups is 1. The second-order valence-corrected chi connectivity index (χ2v) is 4.59. The summed E-state index contributed by atoms with van der Waals surface area (Å²) in [6, 6.07) is 10.5. The Morgan fingerprint density at radius 1 is 1.19 bits per heavy atom. The van der Waals surface area contributed by atoms with Gasteiger partial charge in [0.2, 0.25) is 0 Å². The van der Waals surface area contributed by atoms with Crippen molar-refractivity contribution in [2.45, 2.75) is 13.0 Å². The highest BCUT2D eigenvalue weighted by Gasteiger charge is 2.09. The molecule has 5 N–H and O–H groups in total. The first kappa shape index (κ1) is 14.5. The molecule has 6 heteroatoms. The molecule has 0 aliphatic rings. The van der Waals surface area contributed by atoms with Crippen LogP contribution in [-0.4, -0.2) is 16.9 Å². The lowest BCUT2D eigenvalue weighted by Gasteiger charge is -2.14. The van der Waals surface area contributed by atoms with Crippen LogP contribution in [0.1, 0.15) is 28.9 Å². The van der Waals surface area contributed by atoms with Crippen LogP contribution in [0, 0.1) is 5.41 Å². The Labute approximate surface area is 122 Å². The van der Waals surface area contributed by atoms with E-state index in [-0.39, 0.29) is 17.9 Å². The molecule has 0 spiro atoms. The summed E-state index contributed by atoms with van der Waals surface area (Å²) >= 11 is 0. The number of pyridine rings is 1. The Balaban J connectivity index is 2.05. The maximum Gasteiger partial charge on any atom is 0.255 e. The molecule has 0 aliphatic carbocycles. The average Bonchev–Trinajstić information content (AvgIpc) is 2.47. The molecule has 1 unspecified atom stereocenters. The zero-order chi connectivity index (χ0) is 15.2. The first-order chi connectivity index (χ1) is 10.1. The number of aromatic nitrogens is 1. The summed E-state index contributed by atoms with van der Waals surface area (Å²) in [5.74, 6) is -0.262. The molecule has 1 atom stereocenters. The van der Waals surface area contributed by atoms with Crippen LogP contribution in [0.3, 0.4) is 0 Å². The zero-order valence-corrected chi connectivity index (χ0v) is 11.6. The van der Waals surface area contributed by atoms with E-state index in [4.69, 9.17) is 11.1 Å². The molecule has 2 aromatic rings. The van der Waals surface area contributed by atoms with E-state index in [0.717, 1.165) is 5.56 Å². The summed E-state index contributed by atoms with van der Waals surface area (Å²) in [6.07, 6.45) is 3.24. The van der Waals surface area contributed by atoms with Crippen molar-refractivity contribution in [3.63, 3.8) is 0 Å². The monoisotopic (exact) mass is 283 g/mol. The standard InChI is InChI=1S/C15H17N5O/c1-10(19-15(16)17)11-2-4-12(5-3-11)14(21)20-13-6-8-18-9-7-13/h2-10H,1H3,(H4,16,17,19)(H,18,20,21). The van der Waals surface area contributed by atoms with E-state index < -0.39 is 0 Å². The molecule has 108 valence electrons. The predicted molar refractivity (Wildman–Crippen MR) is 82.1 cm³/mol. The molecule has 6 nitrogen and oxygen atoms in total. The fraction of sp³-hybridized carbons (Fsp3) is 0.133. The van der Waals surface area contributed by atoms with E-state index in [1.54, 1.807) is 36.7 Å². The maximum absolute atomic E-state index is 12.1. The van der Waals surface area contributed by atoms with Crippen LogP contribution in [-0.2, 0) is 0 Å². The summed E-state index contributed by atoms with van der Waals surface area (Å²) in [7, 11) is 0. The van der Waals surface area contributed by atoms with Crippen molar-refractivity contribution >= 4 is 17.6 Å². The minimum absolute atomic E-state index is 0.0815. The van der Waals surface area contributed by atoms with Crippen LogP contribution in [0.15, 0.2) is 48.8 Å². The topological polar surface area (TPSA) is 104 Å². The minimum atomic E-state index is -0.181. The quantitative estimate of drug-likeness (QED) is 0.508. The van der Waals surface area contributed by atoms with Gasteiger partial charge in [0.25, 0.3) is 5.91 Å². The summed E-state index contributed by atoms with van der Waals surface area (Å²) in [4.78, 5) is 16.0. The Hall–Kier alpha value is -2.89. The molecule has 2 rings (SSSR count). The first-order valence-electron chi connectivity index (χ1n) is 6.48. The number of nitrogens with zero attached hydrogens (tertiary/aromatic N) is 1. The van der Waals surface area contributed by atoms with Crippen molar-refractivity contribution in [2.24, 2.45) is 5.73 Å². The van der Waals surface area contributed by atoms with E-state index in [0.29, 0.717) is 11.3 Å². The predicted octanol–water partition coefficient (Wildman–Crippen LogP) is 1.88. The van der Waals surface area contributed by atoms with Crippen molar-refractivity contribution in [1.29, 1.82) is 5.41 Å². The van der Waals surface area contributed by atoms with Gasteiger partial charge in [-0.05, 0) is 36.8 Å². The number of rotatable bonds is 4. The number of anilines is 1. The van der Waals surface area contributed by atoms with Crippen LogP contribution in [0.5, 0.6) is 0 Å². The lowest BCUT2D eigenvalue weighted by atomic mass is 10.1. The molecule has 0 bridgehead atoms. The third-order valence-corrected chi connectivity index (χ3v) is 2.98. The Kier molecular flexibility index (Phi) is 4.50. The number of nitrogens with two attached hydrogens (primary N) is 1. The van der Waals surface area contributed by atoms with E-state index in [2.05, 4.69) is 15.6 Å². The fourth-order valence-corrected chi connectivity index (χ4v) is 1.88. The van der Waals surface area contributed by atoms with Gasteiger partial charge in [0.15, 0.2) is 5.96 Å². The third kappa shape index (κ3) is 4.04. The third-order valence-electron chi connectivity index (χ3n) is 2.98. The van der Waals surface area contributed by atoms with E-state index in [1.165, 1.54) is 0 Å². The van der Waals surface area contributed by atoms with E-state index >= 15 is 0 Å². The molecule has 21 heavy (non-hydrogen) atoms. The highest BCUT2D eigenvalue weighted by Crippen LogP contribution is 2.14. The van der Waals surface area contributed by atoms with E-state index in [1.807, 2.05) is 19.1 Å². The smallest absolute Gasteiger partial charge is 0.255 e. The minimum Gasteiger partial charge on any atom is -0.370 e. The maximum atomic E-state index is 12.1. The molecule has 0 aliphatic heterocycles. The van der Waals surface area contributed by atoms with Gasteiger partial charge in [-0.15, -0.1) is 0 Å². The second-order valence-electron chi connectivity index (χ2n) is 4.59. The molecule has 1 amide bonds. The van der Waals surface area contributed by atoms with Crippen molar-refractivity contribution in [1.82, 2.24) is 10.3 Å². The Morgan fingerprint density at radius 3 is 2.38 bits per heavy atom. The van der Waals surface area contributed by atoms with Gasteiger partial charge in [0.05, 0.1) is 6.04 Å². The van der Waals surface area contributed by atoms with Crippen molar-refractivity contribution in [2.75, 3.05) is 5.32 Å². The zero-order valence-electron chi connectivity index (χ0n) is 11.6. The van der Waals surface area contributed by atoms with Crippen molar-refractivity contribution in [3.05, 3.63) is 59.9 Å². The number of carbonyl (C=O) groups excluding carboxylic acids is 1. The van der Waals surface area contributed by atoms with E-state index in [9.17, 15) is 4.79 Å². The highest BCUT2D eigenvalue weighted by molar-refractivity contribution is 6.04. The average molecular weight is 283 g/mol. The second kappa shape index (κ2) is 6.51. The number of hydrogen-bond donors (Lipinski definition) is 4. The van der Waals surface area contributed by atoms with Crippen LogP contribution in [0.25, 0.3) is 0 Å². The van der Waals surface area contributed by atoms with Crippen molar-refractivity contribution in [3.8, 4) is 0 Å². The molecule has 0 saturated heterocycles. The summed E-state index contributed by atoms with van der Waals surface area (Å²) in [6.45, 7) is 1.90. The highest BCUT2D eigenvalue weighted by atomic mass is 16.1. The lowest BCUT2D eigenvalue weighted by molar-refractivity contribution is 0.102. The van der Waals surface area contributed by atoms with Gasteiger partial charge < -0.3 is 16.4 Å². The fourth-order valence-electron chi connectivity index (χ4n) is 1.88. The van der Waals surface area contributed by atoms with Crippen LogP contribution >= 0.6 is 0 Å². The van der Waals surface area contributed by atoms with Gasteiger partial charge in [0.1, 0.15) is 0 Å². The molecular weight excluding hydrogens is 266 g/mol. The normalized spacial score (nSPS) is 11.5. The summed E-state index contributed by atoms with van der Waals surface area (Å²) < 4.78 is 0. The van der Waals surface area contributed by atoms with Crippen LogP contribution < -0.4 is 16.4 Å². The number of amides is 1. The number of hydrogen-bond acceptors (Lipinski definition) is 3. The Bertz CT molecular complexity index is 624. The van der Waals surface area contributed by atoms with Crippen LogP contribution in [0.4, 0.5) is 5.69 Å². The number of nitrogens with one attached hydrogen (secondary N) is 3. The first-order valence-corrected chi connectivity index (χ1v) is 6.48. The molecule has 1 aromatic heterocycles. The SMILES string of the molecule is CC(NC(=N)N)c1ccc(C(=O)Nc2ccncc2)cc1. The molecule has 1 aromatic carbocycles.